The predicted molar refractivity (Wildman–Crippen MR) is 53.9 cm³/mol. The van der Waals surface area contributed by atoms with Crippen molar-refractivity contribution in [1.82, 2.24) is 4.90 Å². The van der Waals surface area contributed by atoms with Gasteiger partial charge in [0.2, 0.25) is 5.91 Å². The van der Waals surface area contributed by atoms with Gasteiger partial charge in [-0.25, -0.2) is 0 Å². The Balaban J connectivity index is 4.17. The van der Waals surface area contributed by atoms with E-state index < -0.39 is 5.60 Å². The quantitative estimate of drug-likeness (QED) is 0.690. The van der Waals surface area contributed by atoms with Gasteiger partial charge in [-0.05, 0) is 20.3 Å². The van der Waals surface area contributed by atoms with E-state index in [0.717, 1.165) is 6.42 Å². The van der Waals surface area contributed by atoms with Crippen molar-refractivity contribution in [2.75, 3.05) is 19.0 Å². The van der Waals surface area contributed by atoms with E-state index in [1.165, 1.54) is 0 Å². The van der Waals surface area contributed by atoms with Gasteiger partial charge in [-0.15, -0.1) is 11.6 Å². The second-order valence-electron chi connectivity index (χ2n) is 3.76. The first kappa shape index (κ1) is 12.7. The van der Waals surface area contributed by atoms with E-state index in [-0.39, 0.29) is 11.8 Å². The number of hydrogen-bond acceptors (Lipinski definition) is 2. The Morgan fingerprint density at radius 1 is 1.54 bits per heavy atom. The molecular weight excluding hydrogens is 190 g/mol. The van der Waals surface area contributed by atoms with Crippen LogP contribution in [0.25, 0.3) is 0 Å². The molecule has 0 aromatic heterocycles. The number of amides is 1. The normalized spacial score (nSPS) is 11.5. The molecular formula is C9H18ClNO2. The summed E-state index contributed by atoms with van der Waals surface area (Å²) in [5, 5.41) is 9.52. The van der Waals surface area contributed by atoms with E-state index in [2.05, 4.69) is 0 Å². The van der Waals surface area contributed by atoms with Gasteiger partial charge in [0.15, 0.2) is 0 Å². The molecule has 1 N–H and O–H groups in total. The lowest BCUT2D eigenvalue weighted by molar-refractivity contribution is -0.131. The van der Waals surface area contributed by atoms with Crippen molar-refractivity contribution in [3.8, 4) is 0 Å². The maximum Gasteiger partial charge on any atom is 0.237 e. The van der Waals surface area contributed by atoms with Crippen LogP contribution in [-0.2, 0) is 4.79 Å². The van der Waals surface area contributed by atoms with Gasteiger partial charge in [0, 0.05) is 13.1 Å². The Labute approximate surface area is 84.7 Å². The fourth-order valence-electron chi connectivity index (χ4n) is 1.11. The zero-order valence-electron chi connectivity index (χ0n) is 8.51. The lowest BCUT2D eigenvalue weighted by Gasteiger charge is -2.28. The van der Waals surface area contributed by atoms with E-state index in [1.54, 1.807) is 18.7 Å². The fraction of sp³-hybridized carbons (Fsp3) is 0.889. The van der Waals surface area contributed by atoms with Gasteiger partial charge < -0.3 is 10.0 Å². The summed E-state index contributed by atoms with van der Waals surface area (Å²) in [6, 6.07) is 0. The number of hydrogen-bond donors (Lipinski definition) is 1. The number of alkyl halides is 1. The summed E-state index contributed by atoms with van der Waals surface area (Å²) in [6.07, 6.45) is 0.874. The summed E-state index contributed by atoms with van der Waals surface area (Å²) in [7, 11) is 0. The molecule has 0 fully saturated rings. The highest BCUT2D eigenvalue weighted by molar-refractivity contribution is 6.27. The Hall–Kier alpha value is -0.280. The van der Waals surface area contributed by atoms with Crippen molar-refractivity contribution in [3.05, 3.63) is 0 Å². The maximum absolute atomic E-state index is 11.3. The van der Waals surface area contributed by atoms with E-state index in [1.807, 2.05) is 6.92 Å². The number of nitrogens with zero attached hydrogens (tertiary/aromatic N) is 1. The molecule has 4 heteroatoms. The standard InChI is InChI=1S/C9H18ClNO2/c1-4-5-11(8(12)6-10)7-9(2,3)13/h13H,4-7H2,1-3H3. The topological polar surface area (TPSA) is 40.5 Å². The minimum Gasteiger partial charge on any atom is -0.389 e. The van der Waals surface area contributed by atoms with Gasteiger partial charge in [-0.1, -0.05) is 6.92 Å². The lowest BCUT2D eigenvalue weighted by Crippen LogP contribution is -2.43. The predicted octanol–water partition coefficient (Wildman–Crippen LogP) is 1.23. The van der Waals surface area contributed by atoms with Crippen LogP contribution in [0.3, 0.4) is 0 Å². The molecule has 0 bridgehead atoms. The first-order valence-electron chi connectivity index (χ1n) is 4.47. The molecule has 0 unspecified atom stereocenters. The smallest absolute Gasteiger partial charge is 0.237 e. The Bertz CT molecular complexity index is 165. The van der Waals surface area contributed by atoms with E-state index >= 15 is 0 Å². The Kier molecular flexibility index (Phi) is 5.33. The zero-order valence-corrected chi connectivity index (χ0v) is 9.26. The van der Waals surface area contributed by atoms with Gasteiger partial charge in [0.05, 0.1) is 5.60 Å². The monoisotopic (exact) mass is 207 g/mol. The van der Waals surface area contributed by atoms with Gasteiger partial charge in [0.25, 0.3) is 0 Å². The molecule has 0 atom stereocenters. The average Bonchev–Trinajstić information content (AvgIpc) is 2.00. The van der Waals surface area contributed by atoms with Gasteiger partial charge in [0.1, 0.15) is 5.88 Å². The summed E-state index contributed by atoms with van der Waals surface area (Å²) in [5.74, 6) is -0.138. The number of rotatable bonds is 5. The van der Waals surface area contributed by atoms with E-state index in [0.29, 0.717) is 13.1 Å². The second kappa shape index (κ2) is 5.45. The van der Waals surface area contributed by atoms with Gasteiger partial charge in [-0.2, -0.15) is 0 Å². The highest BCUT2D eigenvalue weighted by atomic mass is 35.5. The van der Waals surface area contributed by atoms with Crippen molar-refractivity contribution in [3.63, 3.8) is 0 Å². The number of carbonyl (C=O) groups excluding carboxylic acids is 1. The third-order valence-electron chi connectivity index (χ3n) is 1.54. The van der Waals surface area contributed by atoms with Crippen molar-refractivity contribution >= 4 is 17.5 Å². The summed E-state index contributed by atoms with van der Waals surface area (Å²) >= 11 is 5.44. The molecule has 0 spiro atoms. The van der Waals surface area contributed by atoms with Crippen LogP contribution in [0.4, 0.5) is 0 Å². The highest BCUT2D eigenvalue weighted by Gasteiger charge is 2.20. The molecule has 0 aliphatic rings. The third kappa shape index (κ3) is 5.88. The molecule has 13 heavy (non-hydrogen) atoms. The zero-order chi connectivity index (χ0) is 10.5. The largest absolute Gasteiger partial charge is 0.389 e. The van der Waals surface area contributed by atoms with Crippen LogP contribution in [-0.4, -0.2) is 40.5 Å². The number of aliphatic hydroxyl groups is 1. The molecule has 0 aromatic rings. The van der Waals surface area contributed by atoms with Crippen molar-refractivity contribution in [2.45, 2.75) is 32.8 Å². The molecule has 78 valence electrons. The van der Waals surface area contributed by atoms with Crippen LogP contribution in [0.5, 0.6) is 0 Å². The van der Waals surface area contributed by atoms with Crippen LogP contribution in [0.2, 0.25) is 0 Å². The molecule has 0 aliphatic carbocycles. The first-order valence-corrected chi connectivity index (χ1v) is 5.00. The molecule has 0 saturated carbocycles. The summed E-state index contributed by atoms with van der Waals surface area (Å²) < 4.78 is 0. The third-order valence-corrected chi connectivity index (χ3v) is 1.77. The molecule has 0 radical (unpaired) electrons. The maximum atomic E-state index is 11.3. The molecule has 0 aliphatic heterocycles. The van der Waals surface area contributed by atoms with Crippen LogP contribution in [0, 0.1) is 0 Å². The van der Waals surface area contributed by atoms with Crippen LogP contribution < -0.4 is 0 Å². The molecule has 0 aromatic carbocycles. The number of halogens is 1. The SMILES string of the molecule is CCCN(CC(C)(C)O)C(=O)CCl. The second-order valence-corrected chi connectivity index (χ2v) is 4.03. The molecule has 0 rings (SSSR count). The highest BCUT2D eigenvalue weighted by Crippen LogP contribution is 2.06. The Morgan fingerprint density at radius 2 is 2.08 bits per heavy atom. The summed E-state index contributed by atoms with van der Waals surface area (Å²) in [6.45, 7) is 6.33. The van der Waals surface area contributed by atoms with Crippen molar-refractivity contribution in [2.24, 2.45) is 0 Å². The minimum atomic E-state index is -0.850. The lowest BCUT2D eigenvalue weighted by atomic mass is 10.1. The number of carbonyl (C=O) groups is 1. The molecule has 0 heterocycles. The van der Waals surface area contributed by atoms with Crippen LogP contribution in [0.15, 0.2) is 0 Å². The summed E-state index contributed by atoms with van der Waals surface area (Å²) in [4.78, 5) is 12.9. The molecule has 0 saturated heterocycles. The van der Waals surface area contributed by atoms with E-state index in [4.69, 9.17) is 11.6 Å². The van der Waals surface area contributed by atoms with Gasteiger partial charge in [-0.3, -0.25) is 4.79 Å². The fourth-order valence-corrected chi connectivity index (χ4v) is 1.28. The van der Waals surface area contributed by atoms with E-state index in [9.17, 15) is 9.90 Å². The molecule has 1 amide bonds. The summed E-state index contributed by atoms with van der Waals surface area (Å²) in [5.41, 5.74) is -0.850. The Morgan fingerprint density at radius 3 is 2.38 bits per heavy atom. The first-order chi connectivity index (χ1) is 5.90. The van der Waals surface area contributed by atoms with Crippen LogP contribution >= 0.6 is 11.6 Å². The molecule has 3 nitrogen and oxygen atoms in total. The minimum absolute atomic E-state index is 0.0178. The van der Waals surface area contributed by atoms with Crippen molar-refractivity contribution in [1.29, 1.82) is 0 Å². The van der Waals surface area contributed by atoms with Crippen molar-refractivity contribution < 1.29 is 9.90 Å². The average molecular weight is 208 g/mol. The van der Waals surface area contributed by atoms with Crippen LogP contribution in [0.1, 0.15) is 27.2 Å². The van der Waals surface area contributed by atoms with Gasteiger partial charge >= 0.3 is 0 Å².